The Morgan fingerprint density at radius 1 is 0.914 bits per heavy atom. The average molecular weight is 485 g/mol. The summed E-state index contributed by atoms with van der Waals surface area (Å²) < 4.78 is 1.66. The van der Waals surface area contributed by atoms with Gasteiger partial charge in [-0.25, -0.2) is 0 Å². The quantitative estimate of drug-likeness (QED) is 0.253. The Balaban J connectivity index is 1.37. The van der Waals surface area contributed by atoms with Crippen molar-refractivity contribution < 1.29 is 4.79 Å². The molecule has 176 valence electrons. The van der Waals surface area contributed by atoms with Crippen molar-refractivity contribution in [2.24, 2.45) is 0 Å². The Bertz CT molecular complexity index is 1430. The first kappa shape index (κ1) is 24.0. The van der Waals surface area contributed by atoms with Crippen molar-refractivity contribution in [1.29, 1.82) is 5.41 Å². The number of hydrogen-bond donors (Lipinski definition) is 3. The molecular weight excluding hydrogens is 460 g/mol. The van der Waals surface area contributed by atoms with Crippen LogP contribution in [0.1, 0.15) is 32.6 Å². The van der Waals surface area contributed by atoms with Gasteiger partial charge in [0.2, 0.25) is 0 Å². The Hall–Kier alpha value is -4.16. The predicted molar refractivity (Wildman–Crippen MR) is 141 cm³/mol. The van der Waals surface area contributed by atoms with Crippen molar-refractivity contribution in [2.45, 2.75) is 13.0 Å². The normalized spacial score (nSPS) is 10.7. The van der Waals surface area contributed by atoms with Gasteiger partial charge >= 0.3 is 0 Å². The van der Waals surface area contributed by atoms with E-state index in [2.05, 4.69) is 5.32 Å². The van der Waals surface area contributed by atoms with Gasteiger partial charge in [-0.1, -0.05) is 54.1 Å². The van der Waals surface area contributed by atoms with Crippen molar-refractivity contribution in [1.82, 2.24) is 9.88 Å². The molecule has 0 spiro atoms. The maximum absolute atomic E-state index is 12.7. The number of aromatic nitrogens is 1. The van der Waals surface area contributed by atoms with E-state index in [9.17, 15) is 9.59 Å². The van der Waals surface area contributed by atoms with Crippen LogP contribution >= 0.6 is 11.6 Å². The summed E-state index contributed by atoms with van der Waals surface area (Å²) in [6.07, 6.45) is 2.44. The second-order valence-electron chi connectivity index (χ2n) is 8.25. The van der Waals surface area contributed by atoms with Gasteiger partial charge in [0.1, 0.15) is 0 Å². The molecule has 0 aliphatic heterocycles. The molecule has 1 amide bonds. The maximum Gasteiger partial charge on any atom is 0.251 e. The predicted octanol–water partition coefficient (Wildman–Crippen LogP) is 4.52. The number of pyridine rings is 1. The molecule has 1 heterocycles. The largest absolute Gasteiger partial charge is 0.398 e. The molecule has 0 atom stereocenters. The SMILES string of the molecule is N=C(CNC(=O)c1cccc(Cc2ccc(Cn3ccccc3=O)cc2)c1)c1cc(Cl)ccc1N. The van der Waals surface area contributed by atoms with E-state index in [1.165, 1.54) is 0 Å². The Labute approximate surface area is 208 Å². The first-order valence-corrected chi connectivity index (χ1v) is 11.5. The zero-order chi connectivity index (χ0) is 24.8. The fourth-order valence-electron chi connectivity index (χ4n) is 3.76. The minimum absolute atomic E-state index is 0.0298. The molecule has 4 aromatic rings. The third-order valence-electron chi connectivity index (χ3n) is 5.64. The third kappa shape index (κ3) is 6.25. The number of carbonyl (C=O) groups excluding carboxylic acids is 1. The number of carbonyl (C=O) groups is 1. The fourth-order valence-corrected chi connectivity index (χ4v) is 3.94. The minimum atomic E-state index is -0.263. The van der Waals surface area contributed by atoms with Crippen LogP contribution in [0, 0.1) is 5.41 Å². The summed E-state index contributed by atoms with van der Waals surface area (Å²) in [5.74, 6) is -0.263. The summed E-state index contributed by atoms with van der Waals surface area (Å²) in [4.78, 5) is 24.6. The molecule has 4 N–H and O–H groups in total. The number of nitrogens with one attached hydrogen (secondary N) is 2. The van der Waals surface area contributed by atoms with E-state index < -0.39 is 0 Å². The smallest absolute Gasteiger partial charge is 0.251 e. The van der Waals surface area contributed by atoms with Crippen LogP contribution < -0.4 is 16.6 Å². The van der Waals surface area contributed by atoms with E-state index in [-0.39, 0.29) is 23.7 Å². The van der Waals surface area contributed by atoms with Crippen molar-refractivity contribution in [3.8, 4) is 0 Å². The molecule has 1 aromatic heterocycles. The number of rotatable bonds is 8. The monoisotopic (exact) mass is 484 g/mol. The molecule has 35 heavy (non-hydrogen) atoms. The van der Waals surface area contributed by atoms with Gasteiger partial charge in [0.05, 0.1) is 18.8 Å². The molecule has 0 saturated heterocycles. The molecular formula is C28H25ClN4O2. The number of halogens is 1. The van der Waals surface area contributed by atoms with Gasteiger partial charge < -0.3 is 21.0 Å². The molecule has 0 aliphatic carbocycles. The fraction of sp³-hybridized carbons (Fsp3) is 0.107. The number of anilines is 1. The second kappa shape index (κ2) is 10.8. The number of nitrogens with zero attached hydrogens (tertiary/aromatic N) is 1. The molecule has 0 saturated carbocycles. The molecule has 6 nitrogen and oxygen atoms in total. The van der Waals surface area contributed by atoms with Gasteiger partial charge in [0.15, 0.2) is 0 Å². The molecule has 4 rings (SSSR count). The van der Waals surface area contributed by atoms with Gasteiger partial charge in [0, 0.05) is 34.1 Å². The van der Waals surface area contributed by atoms with Crippen LogP contribution in [0.4, 0.5) is 5.69 Å². The lowest BCUT2D eigenvalue weighted by atomic mass is 10.0. The zero-order valence-electron chi connectivity index (χ0n) is 19.0. The summed E-state index contributed by atoms with van der Waals surface area (Å²) in [6.45, 7) is 0.561. The van der Waals surface area contributed by atoms with Crippen LogP contribution in [0.3, 0.4) is 0 Å². The molecule has 0 unspecified atom stereocenters. The van der Waals surface area contributed by atoms with Crippen LogP contribution in [0.15, 0.2) is 95.9 Å². The lowest BCUT2D eigenvalue weighted by Gasteiger charge is -2.11. The van der Waals surface area contributed by atoms with E-state index in [0.29, 0.717) is 34.8 Å². The van der Waals surface area contributed by atoms with Crippen molar-refractivity contribution in [3.05, 3.63) is 134 Å². The highest BCUT2D eigenvalue weighted by molar-refractivity contribution is 6.31. The first-order valence-electron chi connectivity index (χ1n) is 11.1. The number of nitrogen functional groups attached to an aromatic ring is 1. The number of hydrogen-bond acceptors (Lipinski definition) is 4. The third-order valence-corrected chi connectivity index (χ3v) is 5.87. The molecule has 0 radical (unpaired) electrons. The van der Waals surface area contributed by atoms with Gasteiger partial charge in [-0.3, -0.25) is 9.59 Å². The lowest BCUT2D eigenvalue weighted by molar-refractivity contribution is 0.0959. The Morgan fingerprint density at radius 2 is 1.69 bits per heavy atom. The van der Waals surface area contributed by atoms with E-state index in [4.69, 9.17) is 22.7 Å². The zero-order valence-corrected chi connectivity index (χ0v) is 19.8. The topological polar surface area (TPSA) is 101 Å². The molecule has 0 aliphatic rings. The van der Waals surface area contributed by atoms with Gasteiger partial charge in [-0.15, -0.1) is 0 Å². The van der Waals surface area contributed by atoms with Crippen LogP contribution in [0.5, 0.6) is 0 Å². The summed E-state index contributed by atoms with van der Waals surface area (Å²) in [6, 6.07) is 25.6. The number of nitrogens with two attached hydrogens (primary N) is 1. The average Bonchev–Trinajstić information content (AvgIpc) is 2.86. The molecule has 0 bridgehead atoms. The number of benzene rings is 3. The summed E-state index contributed by atoms with van der Waals surface area (Å²) in [5, 5.41) is 11.5. The van der Waals surface area contributed by atoms with Crippen LogP contribution in [-0.4, -0.2) is 22.7 Å². The van der Waals surface area contributed by atoms with Gasteiger partial charge in [0.25, 0.3) is 11.5 Å². The van der Waals surface area contributed by atoms with E-state index in [1.807, 2.05) is 48.5 Å². The van der Waals surface area contributed by atoms with E-state index >= 15 is 0 Å². The van der Waals surface area contributed by atoms with Crippen LogP contribution in [0.2, 0.25) is 5.02 Å². The molecule has 3 aromatic carbocycles. The second-order valence-corrected chi connectivity index (χ2v) is 8.69. The summed E-state index contributed by atoms with van der Waals surface area (Å²) in [5.41, 5.74) is 10.7. The molecule has 7 heteroatoms. The number of amides is 1. The highest BCUT2D eigenvalue weighted by atomic mass is 35.5. The van der Waals surface area contributed by atoms with Gasteiger partial charge in [-0.05, 0) is 59.5 Å². The van der Waals surface area contributed by atoms with Gasteiger partial charge in [-0.2, -0.15) is 0 Å². The van der Waals surface area contributed by atoms with Crippen molar-refractivity contribution in [2.75, 3.05) is 12.3 Å². The van der Waals surface area contributed by atoms with Crippen LogP contribution in [0.25, 0.3) is 0 Å². The Morgan fingerprint density at radius 3 is 2.46 bits per heavy atom. The summed E-state index contributed by atoms with van der Waals surface area (Å²) in [7, 11) is 0. The van der Waals surface area contributed by atoms with Crippen molar-refractivity contribution >= 4 is 28.9 Å². The van der Waals surface area contributed by atoms with Crippen LogP contribution in [-0.2, 0) is 13.0 Å². The first-order chi connectivity index (χ1) is 16.9. The lowest BCUT2D eigenvalue weighted by Crippen LogP contribution is -2.30. The maximum atomic E-state index is 12.7. The Kier molecular flexibility index (Phi) is 7.43. The van der Waals surface area contributed by atoms with E-state index in [0.717, 1.165) is 16.7 Å². The standard InChI is InChI=1S/C28H25ClN4O2/c29-23-11-12-25(30)24(16-23)26(31)17-32-28(35)22-5-3-4-21(15-22)14-19-7-9-20(10-8-19)18-33-13-2-1-6-27(33)34/h1-13,15-16,31H,14,17-18,30H2,(H,32,35). The van der Waals surface area contributed by atoms with Crippen molar-refractivity contribution in [3.63, 3.8) is 0 Å². The summed E-state index contributed by atoms with van der Waals surface area (Å²) >= 11 is 6.00. The molecule has 0 fully saturated rings. The highest BCUT2D eigenvalue weighted by Crippen LogP contribution is 2.18. The highest BCUT2D eigenvalue weighted by Gasteiger charge is 2.11. The van der Waals surface area contributed by atoms with E-state index in [1.54, 1.807) is 47.2 Å². The minimum Gasteiger partial charge on any atom is -0.398 e.